The van der Waals surface area contributed by atoms with Crippen LogP contribution in [0.15, 0.2) is 0 Å². The van der Waals surface area contributed by atoms with E-state index < -0.39 is 24.1 Å². The summed E-state index contributed by atoms with van der Waals surface area (Å²) in [7, 11) is 0. The normalized spacial score (nSPS) is 14.4. The molecule has 0 spiro atoms. The van der Waals surface area contributed by atoms with Crippen molar-refractivity contribution in [2.75, 3.05) is 0 Å². The van der Waals surface area contributed by atoms with E-state index in [1.54, 1.807) is 0 Å². The van der Waals surface area contributed by atoms with Gasteiger partial charge in [0.05, 0.1) is 0 Å². The van der Waals surface area contributed by atoms with Gasteiger partial charge in [-0.2, -0.15) is 0 Å². The number of hydrogen-bond donors (Lipinski definition) is 4. The number of carboxylic acids is 2. The van der Waals surface area contributed by atoms with E-state index in [1.807, 2.05) is 0 Å². The van der Waals surface area contributed by atoms with Gasteiger partial charge in [0.25, 0.3) is 0 Å². The van der Waals surface area contributed by atoms with Crippen molar-refractivity contribution in [3.63, 3.8) is 0 Å². The summed E-state index contributed by atoms with van der Waals surface area (Å²) >= 11 is 0. The number of carboxylic acid groups (broad SMARTS) is 2. The Hall–Kier alpha value is 0.120. The summed E-state index contributed by atoms with van der Waals surface area (Å²) in [5.41, 5.74) is 0. The molecule has 0 saturated heterocycles. The SMILES string of the molecule is O=C(O)C(O)C(O)C(=O)O.[CaH2]. The molecule has 0 bridgehead atoms. The number of aliphatic hydroxyl groups is 2. The number of hydrogen-bond acceptors (Lipinski definition) is 4. The van der Waals surface area contributed by atoms with E-state index in [1.165, 1.54) is 0 Å². The Labute approximate surface area is 91.4 Å². The molecule has 62 valence electrons. The average Bonchev–Trinajstić information content (AvgIpc) is 1.84. The van der Waals surface area contributed by atoms with Gasteiger partial charge >= 0.3 is 49.7 Å². The van der Waals surface area contributed by atoms with E-state index in [2.05, 4.69) is 0 Å². The predicted molar refractivity (Wildman–Crippen MR) is 35.8 cm³/mol. The van der Waals surface area contributed by atoms with Crippen molar-refractivity contribution in [3.8, 4) is 0 Å². The van der Waals surface area contributed by atoms with Crippen LogP contribution in [0.25, 0.3) is 0 Å². The minimum absolute atomic E-state index is 0. The summed E-state index contributed by atoms with van der Waals surface area (Å²) in [5.74, 6) is -3.54. The first-order valence-electron chi connectivity index (χ1n) is 2.28. The fourth-order valence-corrected chi connectivity index (χ4v) is 0.270. The molecule has 0 saturated carbocycles. The first kappa shape index (κ1) is 13.7. The molecule has 6 nitrogen and oxygen atoms in total. The van der Waals surface area contributed by atoms with Crippen LogP contribution in [-0.2, 0) is 9.59 Å². The maximum absolute atomic E-state index is 9.77. The summed E-state index contributed by atoms with van der Waals surface area (Å²) in [6.45, 7) is 0. The molecule has 0 heterocycles. The van der Waals surface area contributed by atoms with Gasteiger partial charge < -0.3 is 20.4 Å². The Morgan fingerprint density at radius 2 is 1.09 bits per heavy atom. The molecule has 2 unspecified atom stereocenters. The van der Waals surface area contributed by atoms with Gasteiger partial charge in [0.2, 0.25) is 0 Å². The molecule has 7 heteroatoms. The van der Waals surface area contributed by atoms with Gasteiger partial charge in [-0.3, -0.25) is 0 Å². The molecule has 0 rings (SSSR count). The van der Waals surface area contributed by atoms with Crippen LogP contribution in [0.2, 0.25) is 0 Å². The maximum atomic E-state index is 9.77. The Bertz CT molecular complexity index is 139. The number of rotatable bonds is 3. The molecule has 0 aromatic heterocycles. The minimum atomic E-state index is -2.27. The van der Waals surface area contributed by atoms with Crippen molar-refractivity contribution in [2.45, 2.75) is 12.2 Å². The van der Waals surface area contributed by atoms with Crippen molar-refractivity contribution in [3.05, 3.63) is 0 Å². The van der Waals surface area contributed by atoms with Gasteiger partial charge in [-0.25, -0.2) is 9.59 Å². The molecular formula is C4H8CaO6. The average molecular weight is 192 g/mol. The van der Waals surface area contributed by atoms with Crippen LogP contribution in [0.1, 0.15) is 0 Å². The third-order valence-corrected chi connectivity index (χ3v) is 0.805. The van der Waals surface area contributed by atoms with E-state index in [4.69, 9.17) is 20.4 Å². The molecule has 0 radical (unpaired) electrons. The van der Waals surface area contributed by atoms with E-state index in [0.29, 0.717) is 0 Å². The second kappa shape index (κ2) is 5.73. The molecule has 2 atom stereocenters. The van der Waals surface area contributed by atoms with Gasteiger partial charge in [-0.05, 0) is 0 Å². The Morgan fingerprint density at radius 3 is 1.18 bits per heavy atom. The van der Waals surface area contributed by atoms with Crippen LogP contribution < -0.4 is 0 Å². The fraction of sp³-hybridized carbons (Fsp3) is 0.500. The molecule has 0 fully saturated rings. The molecule has 0 aromatic rings. The van der Waals surface area contributed by atoms with Crippen molar-refractivity contribution in [1.82, 2.24) is 0 Å². The van der Waals surface area contributed by atoms with Crippen molar-refractivity contribution in [1.29, 1.82) is 0 Å². The van der Waals surface area contributed by atoms with E-state index in [9.17, 15) is 9.59 Å². The molecule has 0 aliphatic heterocycles. The van der Waals surface area contributed by atoms with Gasteiger partial charge in [0.15, 0.2) is 12.2 Å². The number of carbonyl (C=O) groups is 2. The summed E-state index contributed by atoms with van der Waals surface area (Å²) in [5, 5.41) is 32.5. The van der Waals surface area contributed by atoms with Crippen LogP contribution in [0.4, 0.5) is 0 Å². The zero-order valence-corrected chi connectivity index (χ0v) is 4.76. The quantitative estimate of drug-likeness (QED) is 0.353. The van der Waals surface area contributed by atoms with Gasteiger partial charge in [-0.15, -0.1) is 0 Å². The molecular weight excluding hydrogens is 184 g/mol. The first-order chi connectivity index (χ1) is 4.46. The summed E-state index contributed by atoms with van der Waals surface area (Å²) < 4.78 is 0. The summed E-state index contributed by atoms with van der Waals surface area (Å²) in [6.07, 6.45) is -4.53. The van der Waals surface area contributed by atoms with Gasteiger partial charge in [0.1, 0.15) is 0 Å². The Morgan fingerprint density at radius 1 is 0.909 bits per heavy atom. The molecule has 0 aliphatic carbocycles. The van der Waals surface area contributed by atoms with E-state index in [0.717, 1.165) is 0 Å². The number of aliphatic carboxylic acids is 2. The first-order valence-corrected chi connectivity index (χ1v) is 2.28. The monoisotopic (exact) mass is 192 g/mol. The second-order valence-electron chi connectivity index (χ2n) is 1.57. The molecule has 0 aliphatic rings. The van der Waals surface area contributed by atoms with Crippen molar-refractivity contribution in [2.24, 2.45) is 0 Å². The molecule has 0 amide bonds. The summed E-state index contributed by atoms with van der Waals surface area (Å²) in [6, 6.07) is 0. The second-order valence-corrected chi connectivity index (χ2v) is 1.57. The Kier molecular flexibility index (Phi) is 7.13. The molecule has 4 N–H and O–H groups in total. The standard InChI is InChI=1S/C4H6O6.Ca.2H/c5-1(3(7)8)2(6)4(9)10;;;/h1-2,5-6H,(H,7,8)(H,9,10);;;. The topological polar surface area (TPSA) is 115 Å². The molecule has 11 heavy (non-hydrogen) atoms. The van der Waals surface area contributed by atoms with Crippen LogP contribution in [-0.4, -0.2) is 82.3 Å². The molecule has 0 aromatic carbocycles. The van der Waals surface area contributed by atoms with Crippen molar-refractivity contribution < 1.29 is 30.0 Å². The number of aliphatic hydroxyl groups excluding tert-OH is 2. The Balaban J connectivity index is 0. The van der Waals surface area contributed by atoms with Crippen molar-refractivity contribution >= 4 is 49.7 Å². The predicted octanol–water partition coefficient (Wildman–Crippen LogP) is -3.04. The summed E-state index contributed by atoms with van der Waals surface area (Å²) in [4.78, 5) is 19.5. The fourth-order valence-electron chi connectivity index (χ4n) is 0.270. The van der Waals surface area contributed by atoms with E-state index >= 15 is 0 Å². The van der Waals surface area contributed by atoms with Gasteiger partial charge in [0, 0.05) is 0 Å². The van der Waals surface area contributed by atoms with Crippen LogP contribution in [0.3, 0.4) is 0 Å². The van der Waals surface area contributed by atoms with Crippen LogP contribution >= 0.6 is 0 Å². The zero-order valence-electron chi connectivity index (χ0n) is 4.76. The van der Waals surface area contributed by atoms with E-state index in [-0.39, 0.29) is 37.7 Å². The van der Waals surface area contributed by atoms with Gasteiger partial charge in [-0.1, -0.05) is 0 Å². The zero-order chi connectivity index (χ0) is 8.31. The van der Waals surface area contributed by atoms with Crippen LogP contribution in [0.5, 0.6) is 0 Å². The van der Waals surface area contributed by atoms with Crippen LogP contribution in [0, 0.1) is 0 Å². The third-order valence-electron chi connectivity index (χ3n) is 0.805. The third kappa shape index (κ3) is 4.54.